The number of hydrogen-bond acceptors (Lipinski definition) is 24. The van der Waals surface area contributed by atoms with Gasteiger partial charge in [-0.05, 0) is 174 Å². The molecule has 17 heterocycles. The number of imidazole rings is 6. The number of aryl methyl sites for hydroxylation is 15. The molecule has 34 nitrogen and oxygen atoms in total. The molecule has 0 radical (unpaired) electrons. The molecule has 0 saturated carbocycles. The summed E-state index contributed by atoms with van der Waals surface area (Å²) in [6, 6.07) is 45.3. The molecule has 0 aliphatic heterocycles. The van der Waals surface area contributed by atoms with E-state index in [1.54, 1.807) is 12.4 Å². The number of hydrogen-bond donors (Lipinski definition) is 10. The van der Waals surface area contributed by atoms with E-state index in [1.165, 1.54) is 5.56 Å². The first-order valence-electron chi connectivity index (χ1n) is 50.5. The third-order valence-electron chi connectivity index (χ3n) is 26.7. The summed E-state index contributed by atoms with van der Waals surface area (Å²) < 4.78 is 12.1. The van der Waals surface area contributed by atoms with Gasteiger partial charge in [0.2, 0.25) is 0 Å². The Kier molecular flexibility index (Phi) is 29.2. The van der Waals surface area contributed by atoms with Gasteiger partial charge >= 0.3 is 0 Å². The van der Waals surface area contributed by atoms with E-state index in [-0.39, 0.29) is 0 Å². The first-order chi connectivity index (χ1) is 70.3. The Hall–Kier alpha value is -16.7. The first kappa shape index (κ1) is 98.5. The van der Waals surface area contributed by atoms with E-state index in [0.29, 0.717) is 34.9 Å². The number of unbranched alkanes of at least 4 members (excludes halogenated alkanes) is 6. The van der Waals surface area contributed by atoms with Crippen molar-refractivity contribution in [2.75, 3.05) is 34.4 Å². The number of pyridine rings is 6. The van der Waals surface area contributed by atoms with Crippen LogP contribution >= 0.6 is 0 Å². The van der Waals surface area contributed by atoms with Crippen LogP contribution in [0.5, 0.6) is 0 Å². The molecule has 23 aromatic rings. The van der Waals surface area contributed by atoms with Gasteiger partial charge in [0, 0.05) is 159 Å². The highest BCUT2D eigenvalue weighted by Crippen LogP contribution is 2.39. The van der Waals surface area contributed by atoms with Gasteiger partial charge in [-0.3, -0.25) is 14.5 Å². The molecule has 742 valence electrons. The monoisotopic (exact) mass is 1940 g/mol. The smallest absolute Gasteiger partial charge is 0.152 e. The summed E-state index contributed by atoms with van der Waals surface area (Å²) in [7, 11) is 10.1. The van der Waals surface area contributed by atoms with Gasteiger partial charge in [0.1, 0.15) is 108 Å². The van der Waals surface area contributed by atoms with Crippen molar-refractivity contribution in [2.24, 2.45) is 35.2 Å². The highest BCUT2D eigenvalue weighted by atomic mass is 15.3. The van der Waals surface area contributed by atoms with Crippen molar-refractivity contribution in [3.05, 3.63) is 222 Å². The van der Waals surface area contributed by atoms with Crippen molar-refractivity contribution in [1.29, 1.82) is 0 Å². The standard InChI is InChI=1S/C21H26N6.C19H22N6.C19H20N6.2C18H20N6.C16H20N4/c1-4-6-8-18-24-19-15-10-9-13(11-16(15)23-21(22)20(19)25-18)17-12-14(7-5-2)26-27(17)3;1-4-5-6-16-22-17-13-8-7-12(15-9-11(2)24-25(15)3)10-14(13)21-19(20)18(17)23-16;1-3-4-5-16-24-17-14-7-6-12(13-9-21-11(2)22-10-13)8-15(14)23-19(20)18(17)25-16;1-3-4-6-15-22-16-17(23(15)2)13-8-7-12(24-10-5-9-20-24)11-14(13)21-18(16)19;1-3-4-5-15-22-16-17(24(15)2)12-7-6-11(13-8-9-20-23-13)10-14(12)21-18(16)19;1-4-5-6-13-19-14-15(20(13)3)11-8-7-10(2)9-12(11)18-16(14)17/h9-12H,4-8H2,1-3H3,(H2,22,23)(H,24,25);7-10H,4-6H2,1-3H3,(H2,20,21)(H,22,23);6-10H,3-5H2,1-2H3,(H2,20,23)(H,24,25);5,7-11H,3-4,6H2,1-2H3,(H2,19,21);6-10H,3-5H2,1-2H3,(H2,19,21)(H,20,23);7-9H,4-6H2,1-3H3,(H2,17,18). The van der Waals surface area contributed by atoms with Crippen molar-refractivity contribution in [1.82, 2.24) is 138 Å². The Labute approximate surface area is 839 Å². The number of anilines is 6. The Morgan fingerprint density at radius 3 is 1.14 bits per heavy atom. The van der Waals surface area contributed by atoms with Gasteiger partial charge in [0.05, 0.1) is 83.8 Å². The van der Waals surface area contributed by atoms with Crippen LogP contribution in [0.2, 0.25) is 0 Å². The second kappa shape index (κ2) is 43.0. The summed E-state index contributed by atoms with van der Waals surface area (Å²) in [5.74, 6) is 9.85. The molecule has 0 unspecified atom stereocenters. The van der Waals surface area contributed by atoms with Crippen LogP contribution in [0.3, 0.4) is 0 Å². The fraction of sp³-hybridized carbons (Fsp3) is 0.315. The van der Waals surface area contributed by atoms with Crippen molar-refractivity contribution < 1.29 is 0 Å². The zero-order chi connectivity index (χ0) is 102. The maximum atomic E-state index is 6.23. The molecular formula is C111H128N34. The number of aromatic nitrogens is 28. The predicted molar refractivity (Wildman–Crippen MR) is 589 cm³/mol. The van der Waals surface area contributed by atoms with Crippen LogP contribution in [0.4, 0.5) is 34.9 Å². The number of nitrogens with two attached hydrogens (primary N) is 6. The third kappa shape index (κ3) is 20.5. The highest BCUT2D eigenvalue weighted by molar-refractivity contribution is 6.12. The number of rotatable bonds is 25. The molecule has 0 amide bonds. The molecular weight excluding hydrogens is 1810 g/mol. The van der Waals surface area contributed by atoms with Crippen LogP contribution in [0.15, 0.2) is 164 Å². The van der Waals surface area contributed by atoms with Gasteiger partial charge in [-0.25, -0.2) is 74.5 Å². The first-order valence-corrected chi connectivity index (χ1v) is 50.5. The van der Waals surface area contributed by atoms with E-state index < -0.39 is 0 Å². The minimum Gasteiger partial charge on any atom is -0.382 e. The lowest BCUT2D eigenvalue weighted by Gasteiger charge is -2.07. The van der Waals surface area contributed by atoms with Crippen LogP contribution in [0.1, 0.15) is 190 Å². The average Bonchev–Trinajstić information content (AvgIpc) is 1.61. The molecule has 17 aromatic heterocycles. The van der Waals surface area contributed by atoms with Crippen LogP contribution in [-0.4, -0.2) is 138 Å². The van der Waals surface area contributed by atoms with Gasteiger partial charge in [-0.1, -0.05) is 130 Å². The number of nitrogens with one attached hydrogen (secondary N) is 4. The van der Waals surface area contributed by atoms with Crippen molar-refractivity contribution in [3.63, 3.8) is 0 Å². The summed E-state index contributed by atoms with van der Waals surface area (Å²) in [6.07, 6.45) is 30.3. The van der Waals surface area contributed by atoms with Gasteiger partial charge in [0.25, 0.3) is 0 Å². The largest absolute Gasteiger partial charge is 0.382 e. The highest BCUT2D eigenvalue weighted by Gasteiger charge is 2.24. The molecule has 0 fully saturated rings. The van der Waals surface area contributed by atoms with E-state index in [0.717, 1.165) is 363 Å². The molecule has 0 bridgehead atoms. The lowest BCUT2D eigenvalue weighted by atomic mass is 10.1. The van der Waals surface area contributed by atoms with Crippen molar-refractivity contribution in [3.8, 4) is 50.6 Å². The fourth-order valence-corrected chi connectivity index (χ4v) is 19.0. The quantitative estimate of drug-likeness (QED) is 0.0254. The normalized spacial score (nSPS) is 11.6. The molecule has 0 atom stereocenters. The van der Waals surface area contributed by atoms with Crippen LogP contribution in [0, 0.1) is 20.8 Å². The van der Waals surface area contributed by atoms with Gasteiger partial charge in [-0.15, -0.1) is 0 Å². The lowest BCUT2D eigenvalue weighted by molar-refractivity contribution is 0.720. The van der Waals surface area contributed by atoms with E-state index >= 15 is 0 Å². The molecule has 0 aliphatic carbocycles. The minimum absolute atomic E-state index is 0.480. The van der Waals surface area contributed by atoms with E-state index in [1.807, 2.05) is 109 Å². The summed E-state index contributed by atoms with van der Waals surface area (Å²) in [5, 5.41) is 26.6. The van der Waals surface area contributed by atoms with Gasteiger partial charge < -0.3 is 63.1 Å². The lowest BCUT2D eigenvalue weighted by Crippen LogP contribution is -1.99. The fourth-order valence-electron chi connectivity index (χ4n) is 19.0. The molecule has 0 saturated heterocycles. The third-order valence-corrected chi connectivity index (χ3v) is 26.7. The van der Waals surface area contributed by atoms with E-state index in [2.05, 4.69) is 255 Å². The maximum absolute atomic E-state index is 6.23. The molecule has 0 spiro atoms. The van der Waals surface area contributed by atoms with Crippen molar-refractivity contribution in [2.45, 2.75) is 198 Å². The van der Waals surface area contributed by atoms with Gasteiger partial charge in [-0.2, -0.15) is 20.4 Å². The van der Waals surface area contributed by atoms with Gasteiger partial charge in [0.15, 0.2) is 17.5 Å². The molecule has 23 rings (SSSR count). The second-order valence-electron chi connectivity index (χ2n) is 37.5. The minimum atomic E-state index is 0.480. The topological polar surface area (TPSA) is 481 Å². The summed E-state index contributed by atoms with van der Waals surface area (Å²) in [6.45, 7) is 21.2. The Bertz CT molecular complexity index is 8440. The zero-order valence-corrected chi connectivity index (χ0v) is 85.4. The summed E-state index contributed by atoms with van der Waals surface area (Å²) in [4.78, 5) is 74.5. The summed E-state index contributed by atoms with van der Waals surface area (Å²) >= 11 is 0. The van der Waals surface area contributed by atoms with E-state index in [4.69, 9.17) is 64.3 Å². The molecule has 145 heavy (non-hydrogen) atoms. The SMILES string of the molecule is CCCCc1nc2c(N)nc3cc(-c4ccn[nH]4)ccc3c2n1C.CCCCc1nc2c(N)nc3cc(-n4cccn4)ccc3c2n1C.CCCCc1nc2c(N)nc3cc(C)ccc3c2n1C.CCCCc1nc2c([nH]1)c(N)nc1cc(-c3cc(C)nn3C)ccc12.CCCCc1nc2c([nH]1)c(N)nc1cc(-c3cc(CCC)nn3C)ccc12.CCCCc1nc2c([nH]1)c(N)nc1cc(-c3cnc(C)nc3)ccc12. The Balaban J connectivity index is 0.000000115. The molecule has 6 aromatic carbocycles. The number of nitrogens with zero attached hydrogens (tertiary/aromatic N) is 24. The average molecular weight is 1940 g/mol. The number of H-pyrrole nitrogens is 4. The molecule has 16 N–H and O–H groups in total. The van der Waals surface area contributed by atoms with E-state index in [9.17, 15) is 0 Å². The Morgan fingerprint density at radius 2 is 0.710 bits per heavy atom. The number of nitrogen functional groups attached to an aromatic ring is 6. The molecule has 0 aliphatic rings. The molecule has 34 heteroatoms. The van der Waals surface area contributed by atoms with Crippen LogP contribution < -0.4 is 34.4 Å². The second-order valence-corrected chi connectivity index (χ2v) is 37.5. The number of aromatic amines is 4. The van der Waals surface area contributed by atoms with Crippen LogP contribution in [0.25, 0.3) is 182 Å². The van der Waals surface area contributed by atoms with Crippen LogP contribution in [-0.2, 0) is 80.2 Å². The van der Waals surface area contributed by atoms with Crippen molar-refractivity contribution >= 4 is 167 Å². The predicted octanol–water partition coefficient (Wildman–Crippen LogP) is 22.0. The Morgan fingerprint density at radius 1 is 0.324 bits per heavy atom. The zero-order valence-electron chi connectivity index (χ0n) is 85.4. The number of benzene rings is 6. The summed E-state index contributed by atoms with van der Waals surface area (Å²) in [5.41, 5.74) is 65.7. The number of fused-ring (bicyclic) bond motifs is 18. The maximum Gasteiger partial charge on any atom is 0.152 e.